The van der Waals surface area contributed by atoms with Crippen LogP contribution >= 0.6 is 11.6 Å². The summed E-state index contributed by atoms with van der Waals surface area (Å²) in [4.78, 5) is 12.6. The summed E-state index contributed by atoms with van der Waals surface area (Å²) in [7, 11) is 0. The quantitative estimate of drug-likeness (QED) is 0.814. The summed E-state index contributed by atoms with van der Waals surface area (Å²) in [5.41, 5.74) is 8.01. The Kier molecular flexibility index (Phi) is 2.92. The molecule has 2 aromatic rings. The molecule has 0 radical (unpaired) electrons. The van der Waals surface area contributed by atoms with E-state index in [1.807, 2.05) is 6.07 Å². The zero-order valence-corrected chi connectivity index (χ0v) is 9.99. The van der Waals surface area contributed by atoms with Crippen molar-refractivity contribution >= 4 is 28.6 Å². The lowest BCUT2D eigenvalue weighted by Gasteiger charge is -2.08. The molecule has 4 nitrogen and oxygen atoms in total. The molecule has 2 heterocycles. The molecule has 84 valence electrons. The standard InChI is InChI=1S/C11H13ClN4/c1-6(2)5-8-10-7(14-11(13)15-8)3-4-9(12)16-10/h3-4,6H,5H2,1-2H3,(H2,13,14,15). The van der Waals surface area contributed by atoms with Crippen LogP contribution in [0.15, 0.2) is 12.1 Å². The number of halogens is 1. The van der Waals surface area contributed by atoms with Crippen molar-refractivity contribution in [3.05, 3.63) is 23.0 Å². The van der Waals surface area contributed by atoms with Gasteiger partial charge in [-0.3, -0.25) is 0 Å². The number of pyridine rings is 1. The maximum atomic E-state index is 5.87. The normalized spacial score (nSPS) is 11.2. The van der Waals surface area contributed by atoms with Crippen LogP contribution < -0.4 is 5.73 Å². The molecule has 0 saturated carbocycles. The summed E-state index contributed by atoms with van der Waals surface area (Å²) in [6.07, 6.45) is 0.816. The maximum Gasteiger partial charge on any atom is 0.220 e. The third kappa shape index (κ3) is 2.22. The van der Waals surface area contributed by atoms with E-state index in [4.69, 9.17) is 17.3 Å². The fourth-order valence-electron chi connectivity index (χ4n) is 1.60. The fourth-order valence-corrected chi connectivity index (χ4v) is 1.75. The molecule has 2 rings (SSSR count). The predicted octanol–water partition coefficient (Wildman–Crippen LogP) is 2.46. The van der Waals surface area contributed by atoms with Gasteiger partial charge in [0, 0.05) is 0 Å². The van der Waals surface area contributed by atoms with Gasteiger partial charge in [0.15, 0.2) is 0 Å². The highest BCUT2D eigenvalue weighted by Gasteiger charge is 2.09. The molecule has 0 aliphatic carbocycles. The molecule has 5 heteroatoms. The molecule has 0 saturated heterocycles. The first-order valence-corrected chi connectivity index (χ1v) is 5.52. The molecule has 0 amide bonds. The minimum absolute atomic E-state index is 0.285. The van der Waals surface area contributed by atoms with Crippen molar-refractivity contribution in [1.29, 1.82) is 0 Å². The Hall–Kier alpha value is -1.42. The average Bonchev–Trinajstić information content (AvgIpc) is 2.18. The van der Waals surface area contributed by atoms with Gasteiger partial charge >= 0.3 is 0 Å². The second-order valence-corrected chi connectivity index (χ2v) is 4.52. The Balaban J connectivity index is 2.64. The molecular weight excluding hydrogens is 224 g/mol. The van der Waals surface area contributed by atoms with E-state index in [0.29, 0.717) is 11.1 Å². The lowest BCUT2D eigenvalue weighted by molar-refractivity contribution is 0.638. The zero-order chi connectivity index (χ0) is 11.7. The van der Waals surface area contributed by atoms with Crippen molar-refractivity contribution in [3.63, 3.8) is 0 Å². The third-order valence-corrected chi connectivity index (χ3v) is 2.41. The van der Waals surface area contributed by atoms with Gasteiger partial charge in [-0.25, -0.2) is 15.0 Å². The first-order chi connectivity index (χ1) is 7.56. The Morgan fingerprint density at radius 2 is 2.00 bits per heavy atom. The molecule has 2 aromatic heterocycles. The van der Waals surface area contributed by atoms with E-state index in [9.17, 15) is 0 Å². The summed E-state index contributed by atoms with van der Waals surface area (Å²) in [5, 5.41) is 0.450. The van der Waals surface area contributed by atoms with E-state index >= 15 is 0 Å². The molecule has 0 aliphatic heterocycles. The molecule has 0 bridgehead atoms. The largest absolute Gasteiger partial charge is 0.368 e. The number of anilines is 1. The van der Waals surface area contributed by atoms with Gasteiger partial charge in [-0.2, -0.15) is 0 Å². The van der Waals surface area contributed by atoms with Crippen molar-refractivity contribution in [1.82, 2.24) is 15.0 Å². The van der Waals surface area contributed by atoms with Gasteiger partial charge in [0.05, 0.1) is 11.2 Å². The van der Waals surface area contributed by atoms with Crippen LogP contribution in [-0.2, 0) is 6.42 Å². The summed E-state index contributed by atoms with van der Waals surface area (Å²) in [5.74, 6) is 0.769. The SMILES string of the molecule is CC(C)Cc1nc(N)nc2ccc(Cl)nc12. The lowest BCUT2D eigenvalue weighted by Crippen LogP contribution is -2.05. The smallest absolute Gasteiger partial charge is 0.220 e. The molecule has 0 unspecified atom stereocenters. The van der Waals surface area contributed by atoms with Gasteiger partial charge in [0.25, 0.3) is 0 Å². The maximum absolute atomic E-state index is 5.87. The Bertz CT molecular complexity index is 525. The number of aromatic nitrogens is 3. The minimum atomic E-state index is 0.285. The van der Waals surface area contributed by atoms with Crippen LogP contribution in [0.4, 0.5) is 5.95 Å². The Morgan fingerprint density at radius 3 is 2.69 bits per heavy atom. The van der Waals surface area contributed by atoms with Crippen molar-refractivity contribution in [2.24, 2.45) is 5.92 Å². The van der Waals surface area contributed by atoms with E-state index in [1.165, 1.54) is 0 Å². The average molecular weight is 237 g/mol. The number of nitrogens with zero attached hydrogens (tertiary/aromatic N) is 3. The molecule has 2 N–H and O–H groups in total. The fraction of sp³-hybridized carbons (Fsp3) is 0.364. The first kappa shape index (κ1) is 11.1. The highest BCUT2D eigenvalue weighted by Crippen LogP contribution is 2.19. The summed E-state index contributed by atoms with van der Waals surface area (Å²) in [6, 6.07) is 3.52. The number of nitrogen functional groups attached to an aromatic ring is 1. The zero-order valence-electron chi connectivity index (χ0n) is 9.24. The highest BCUT2D eigenvalue weighted by molar-refractivity contribution is 6.29. The molecular formula is C11H13ClN4. The van der Waals surface area contributed by atoms with Crippen LogP contribution in [0, 0.1) is 5.92 Å². The minimum Gasteiger partial charge on any atom is -0.368 e. The molecule has 0 atom stereocenters. The van der Waals surface area contributed by atoms with Crippen LogP contribution in [0.2, 0.25) is 5.15 Å². The van der Waals surface area contributed by atoms with Gasteiger partial charge in [-0.1, -0.05) is 25.4 Å². The summed E-state index contributed by atoms with van der Waals surface area (Å²) >= 11 is 5.87. The number of hydrogen-bond acceptors (Lipinski definition) is 4. The molecule has 16 heavy (non-hydrogen) atoms. The first-order valence-electron chi connectivity index (χ1n) is 5.15. The van der Waals surface area contributed by atoms with E-state index < -0.39 is 0 Å². The topological polar surface area (TPSA) is 64.7 Å². The Labute approximate surface area is 98.9 Å². The van der Waals surface area contributed by atoms with E-state index in [1.54, 1.807) is 6.07 Å². The van der Waals surface area contributed by atoms with Gasteiger partial charge < -0.3 is 5.73 Å². The van der Waals surface area contributed by atoms with Gasteiger partial charge in [-0.05, 0) is 24.5 Å². The number of rotatable bonds is 2. The molecule has 0 aliphatic rings. The van der Waals surface area contributed by atoms with Crippen molar-refractivity contribution in [3.8, 4) is 0 Å². The van der Waals surface area contributed by atoms with Crippen molar-refractivity contribution < 1.29 is 0 Å². The van der Waals surface area contributed by atoms with Crippen molar-refractivity contribution in [2.75, 3.05) is 5.73 Å². The number of fused-ring (bicyclic) bond motifs is 1. The Morgan fingerprint density at radius 1 is 1.25 bits per heavy atom. The second-order valence-electron chi connectivity index (χ2n) is 4.13. The van der Waals surface area contributed by atoms with E-state index in [2.05, 4.69) is 28.8 Å². The lowest BCUT2D eigenvalue weighted by atomic mass is 10.1. The van der Waals surface area contributed by atoms with Crippen LogP contribution in [0.25, 0.3) is 11.0 Å². The van der Waals surface area contributed by atoms with E-state index in [-0.39, 0.29) is 5.95 Å². The van der Waals surface area contributed by atoms with Gasteiger partial charge in [-0.15, -0.1) is 0 Å². The summed E-state index contributed by atoms with van der Waals surface area (Å²) < 4.78 is 0. The van der Waals surface area contributed by atoms with Crippen LogP contribution in [0.5, 0.6) is 0 Å². The van der Waals surface area contributed by atoms with Gasteiger partial charge in [0.2, 0.25) is 5.95 Å². The predicted molar refractivity (Wildman–Crippen MR) is 65.3 cm³/mol. The number of hydrogen-bond donors (Lipinski definition) is 1. The van der Waals surface area contributed by atoms with Crippen LogP contribution in [-0.4, -0.2) is 15.0 Å². The third-order valence-electron chi connectivity index (χ3n) is 2.20. The van der Waals surface area contributed by atoms with Crippen molar-refractivity contribution in [2.45, 2.75) is 20.3 Å². The van der Waals surface area contributed by atoms with Crippen LogP contribution in [0.3, 0.4) is 0 Å². The summed E-state index contributed by atoms with van der Waals surface area (Å²) in [6.45, 7) is 4.24. The van der Waals surface area contributed by atoms with Gasteiger partial charge in [0.1, 0.15) is 10.7 Å². The molecule has 0 spiro atoms. The van der Waals surface area contributed by atoms with Crippen LogP contribution in [0.1, 0.15) is 19.5 Å². The second kappa shape index (κ2) is 4.22. The highest BCUT2D eigenvalue weighted by atomic mass is 35.5. The monoisotopic (exact) mass is 236 g/mol. The molecule has 0 aromatic carbocycles. The number of nitrogens with two attached hydrogens (primary N) is 1. The van der Waals surface area contributed by atoms with E-state index in [0.717, 1.165) is 23.1 Å². The molecule has 0 fully saturated rings.